The van der Waals surface area contributed by atoms with Gasteiger partial charge in [0.2, 0.25) is 0 Å². The van der Waals surface area contributed by atoms with E-state index >= 15 is 0 Å². The number of halogens is 1. The number of aromatic amines is 1. The summed E-state index contributed by atoms with van der Waals surface area (Å²) in [5.41, 5.74) is 4.60. The highest BCUT2D eigenvalue weighted by Crippen LogP contribution is 2.38. The van der Waals surface area contributed by atoms with E-state index in [1.54, 1.807) is 18.0 Å². The van der Waals surface area contributed by atoms with Gasteiger partial charge in [0, 0.05) is 16.1 Å². The van der Waals surface area contributed by atoms with Crippen LogP contribution in [0.15, 0.2) is 85.1 Å². The number of nitrogens with one attached hydrogen (secondary N) is 1. The lowest BCUT2D eigenvalue weighted by Crippen LogP contribution is -2.04. The van der Waals surface area contributed by atoms with Gasteiger partial charge >= 0.3 is 0 Å². The second-order valence-corrected chi connectivity index (χ2v) is 8.01. The van der Waals surface area contributed by atoms with Gasteiger partial charge in [-0.25, -0.2) is 4.98 Å². The number of hydrogen-bond donors (Lipinski definition) is 2. The third kappa shape index (κ3) is 4.21. The molecular weight excluding hydrogens is 436 g/mol. The Morgan fingerprint density at radius 2 is 1.73 bits per heavy atom. The Morgan fingerprint density at radius 3 is 2.45 bits per heavy atom. The topological polar surface area (TPSA) is 76.0 Å². The highest BCUT2D eigenvalue weighted by molar-refractivity contribution is 6.30. The SMILES string of the molecule is COc1ccc(Cn2nc(-c3ncc(-c4cccc(Cl)c4)[nH]3)c(O)c2-c2ccccc2)cc1. The Balaban J connectivity index is 1.57. The van der Waals surface area contributed by atoms with Gasteiger partial charge in [0.25, 0.3) is 0 Å². The van der Waals surface area contributed by atoms with Gasteiger partial charge in [-0.2, -0.15) is 5.10 Å². The van der Waals surface area contributed by atoms with E-state index in [9.17, 15) is 5.11 Å². The third-order valence-corrected chi connectivity index (χ3v) is 5.64. The minimum Gasteiger partial charge on any atom is -0.504 e. The van der Waals surface area contributed by atoms with E-state index in [-0.39, 0.29) is 5.75 Å². The molecule has 0 unspecified atom stereocenters. The first-order valence-corrected chi connectivity index (χ1v) is 10.8. The Labute approximate surface area is 196 Å². The molecule has 0 amide bonds. The van der Waals surface area contributed by atoms with Crippen molar-refractivity contribution in [3.63, 3.8) is 0 Å². The molecule has 5 aromatic rings. The van der Waals surface area contributed by atoms with Gasteiger partial charge in [-0.05, 0) is 29.8 Å². The summed E-state index contributed by atoms with van der Waals surface area (Å²) in [6.45, 7) is 0.476. The van der Waals surface area contributed by atoms with Gasteiger partial charge in [0.15, 0.2) is 17.3 Å². The van der Waals surface area contributed by atoms with E-state index in [0.29, 0.717) is 28.8 Å². The molecule has 0 atom stereocenters. The van der Waals surface area contributed by atoms with Crippen LogP contribution >= 0.6 is 11.6 Å². The zero-order chi connectivity index (χ0) is 22.8. The fraction of sp³-hybridized carbons (Fsp3) is 0.0769. The maximum absolute atomic E-state index is 11.2. The van der Waals surface area contributed by atoms with E-state index < -0.39 is 0 Å². The van der Waals surface area contributed by atoms with Crippen LogP contribution in [-0.2, 0) is 6.54 Å². The first-order valence-electron chi connectivity index (χ1n) is 10.4. The molecule has 7 heteroatoms. The van der Waals surface area contributed by atoms with Gasteiger partial charge in [-0.1, -0.05) is 66.2 Å². The van der Waals surface area contributed by atoms with Crippen LogP contribution in [0.2, 0.25) is 5.02 Å². The predicted octanol–water partition coefficient (Wildman–Crippen LogP) is 6.02. The molecule has 5 rings (SSSR count). The van der Waals surface area contributed by atoms with Gasteiger partial charge < -0.3 is 14.8 Å². The van der Waals surface area contributed by atoms with Crippen molar-refractivity contribution < 1.29 is 9.84 Å². The quantitative estimate of drug-likeness (QED) is 0.327. The molecule has 0 aliphatic carbocycles. The maximum atomic E-state index is 11.2. The number of benzene rings is 3. The summed E-state index contributed by atoms with van der Waals surface area (Å²) in [6.07, 6.45) is 1.71. The normalized spacial score (nSPS) is 11.0. The number of ether oxygens (including phenoxy) is 1. The van der Waals surface area contributed by atoms with Crippen molar-refractivity contribution in [3.8, 4) is 45.5 Å². The average molecular weight is 457 g/mol. The van der Waals surface area contributed by atoms with E-state index in [2.05, 4.69) is 9.97 Å². The molecule has 33 heavy (non-hydrogen) atoms. The van der Waals surface area contributed by atoms with Crippen molar-refractivity contribution in [1.82, 2.24) is 19.7 Å². The van der Waals surface area contributed by atoms with Crippen LogP contribution in [0.1, 0.15) is 5.56 Å². The summed E-state index contributed by atoms with van der Waals surface area (Å²) in [6, 6.07) is 25.0. The lowest BCUT2D eigenvalue weighted by atomic mass is 10.1. The highest BCUT2D eigenvalue weighted by Gasteiger charge is 2.22. The van der Waals surface area contributed by atoms with Crippen LogP contribution in [0, 0.1) is 0 Å². The van der Waals surface area contributed by atoms with Crippen molar-refractivity contribution in [2.75, 3.05) is 7.11 Å². The predicted molar refractivity (Wildman–Crippen MR) is 129 cm³/mol. The number of H-pyrrole nitrogens is 1. The largest absolute Gasteiger partial charge is 0.504 e. The lowest BCUT2D eigenvalue weighted by Gasteiger charge is -2.09. The first kappa shape index (κ1) is 20.8. The molecule has 0 saturated carbocycles. The Morgan fingerprint density at radius 1 is 0.970 bits per heavy atom. The number of nitrogens with zero attached hydrogens (tertiary/aromatic N) is 3. The Kier molecular flexibility index (Phi) is 5.59. The van der Waals surface area contributed by atoms with Crippen LogP contribution in [0.5, 0.6) is 11.5 Å². The number of aromatic hydroxyl groups is 1. The number of hydrogen-bond acceptors (Lipinski definition) is 4. The summed E-state index contributed by atoms with van der Waals surface area (Å²) >= 11 is 6.13. The minimum absolute atomic E-state index is 0.0710. The van der Waals surface area contributed by atoms with Crippen molar-refractivity contribution in [3.05, 3.63) is 95.6 Å². The molecule has 0 spiro atoms. The summed E-state index contributed by atoms with van der Waals surface area (Å²) in [5.74, 6) is 1.34. The monoisotopic (exact) mass is 456 g/mol. The minimum atomic E-state index is 0.0710. The molecule has 3 aromatic carbocycles. The van der Waals surface area contributed by atoms with E-state index in [1.165, 1.54) is 0 Å². The molecule has 0 aliphatic rings. The summed E-state index contributed by atoms with van der Waals surface area (Å²) in [7, 11) is 1.64. The molecule has 2 heterocycles. The average Bonchev–Trinajstić information content (AvgIpc) is 3.45. The van der Waals surface area contributed by atoms with E-state index in [1.807, 2.05) is 78.9 Å². The number of rotatable bonds is 6. The Hall–Kier alpha value is -4.03. The molecule has 2 aromatic heterocycles. The smallest absolute Gasteiger partial charge is 0.173 e. The van der Waals surface area contributed by atoms with Gasteiger partial charge in [-0.15, -0.1) is 0 Å². The summed E-state index contributed by atoms with van der Waals surface area (Å²) in [4.78, 5) is 7.74. The van der Waals surface area contributed by atoms with Gasteiger partial charge in [0.1, 0.15) is 11.4 Å². The Bertz CT molecular complexity index is 1390. The van der Waals surface area contributed by atoms with Crippen molar-refractivity contribution in [2.24, 2.45) is 0 Å². The van der Waals surface area contributed by atoms with Crippen LogP contribution in [0.3, 0.4) is 0 Å². The fourth-order valence-electron chi connectivity index (χ4n) is 3.76. The molecule has 6 nitrogen and oxygen atoms in total. The van der Waals surface area contributed by atoms with E-state index in [0.717, 1.165) is 28.1 Å². The molecule has 0 saturated heterocycles. The van der Waals surface area contributed by atoms with Crippen LogP contribution < -0.4 is 4.74 Å². The highest BCUT2D eigenvalue weighted by atomic mass is 35.5. The van der Waals surface area contributed by atoms with E-state index in [4.69, 9.17) is 21.4 Å². The third-order valence-electron chi connectivity index (χ3n) is 5.40. The molecule has 0 fully saturated rings. The number of aromatic nitrogens is 4. The van der Waals surface area contributed by atoms with Crippen molar-refractivity contribution in [2.45, 2.75) is 6.54 Å². The van der Waals surface area contributed by atoms with Gasteiger partial charge in [0.05, 0.1) is 25.5 Å². The number of methoxy groups -OCH3 is 1. The standard InChI is InChI=1S/C26H21ClN4O2/c1-33-21-12-10-17(11-13-21)16-31-24(18-6-3-2-4-7-18)25(32)23(30-31)26-28-15-22(29-26)19-8-5-9-20(27)14-19/h2-15,32H,16H2,1H3,(H,28,29). The summed E-state index contributed by atoms with van der Waals surface area (Å²) < 4.78 is 7.05. The van der Waals surface area contributed by atoms with Crippen molar-refractivity contribution >= 4 is 11.6 Å². The summed E-state index contributed by atoms with van der Waals surface area (Å²) in [5, 5.41) is 16.6. The van der Waals surface area contributed by atoms with Crippen molar-refractivity contribution in [1.29, 1.82) is 0 Å². The van der Waals surface area contributed by atoms with Crippen LogP contribution in [0.25, 0.3) is 34.0 Å². The maximum Gasteiger partial charge on any atom is 0.173 e. The second-order valence-electron chi connectivity index (χ2n) is 7.57. The van der Waals surface area contributed by atoms with Crippen LogP contribution in [0.4, 0.5) is 0 Å². The van der Waals surface area contributed by atoms with Gasteiger partial charge in [-0.3, -0.25) is 4.68 Å². The molecule has 0 radical (unpaired) electrons. The lowest BCUT2D eigenvalue weighted by molar-refractivity contribution is 0.414. The molecule has 0 aliphatic heterocycles. The fourth-order valence-corrected chi connectivity index (χ4v) is 3.95. The first-order chi connectivity index (χ1) is 16.1. The zero-order valence-electron chi connectivity index (χ0n) is 17.9. The molecular formula is C26H21ClN4O2. The second kappa shape index (κ2) is 8.84. The number of imidazole rings is 1. The van der Waals surface area contributed by atoms with Crippen LogP contribution in [-0.4, -0.2) is 32.0 Å². The zero-order valence-corrected chi connectivity index (χ0v) is 18.6. The molecule has 2 N–H and O–H groups in total. The molecule has 164 valence electrons. The molecule has 0 bridgehead atoms.